The van der Waals surface area contributed by atoms with Gasteiger partial charge in [-0.05, 0) is 44.4 Å². The smallest absolute Gasteiger partial charge is 0.338 e. The van der Waals surface area contributed by atoms with Gasteiger partial charge in [-0.3, -0.25) is 24.0 Å². The van der Waals surface area contributed by atoms with E-state index in [1.165, 1.54) is 13.8 Å². The Morgan fingerprint density at radius 1 is 0.964 bits per heavy atom. The summed E-state index contributed by atoms with van der Waals surface area (Å²) in [5.74, 6) is -6.54. The molecule has 3 fully saturated rings. The highest BCUT2D eigenvalue weighted by molar-refractivity contribution is 5.94. The summed E-state index contributed by atoms with van der Waals surface area (Å²) in [6, 6.07) is 6.98. The van der Waals surface area contributed by atoms with Gasteiger partial charge in [0.15, 0.2) is 17.5 Å². The van der Waals surface area contributed by atoms with E-state index in [1.807, 2.05) is 0 Å². The van der Waals surface area contributed by atoms with E-state index in [0.29, 0.717) is 11.1 Å². The maximum Gasteiger partial charge on any atom is 0.338 e. The largest absolute Gasteiger partial charge is 0.461 e. The number of hydrogen-bond acceptors (Lipinski definition) is 14. The number of nitrogens with one attached hydrogen (secondary N) is 1. The lowest BCUT2D eigenvalue weighted by molar-refractivity contribution is -0.347. The number of aliphatic hydroxyl groups is 3. The van der Waals surface area contributed by atoms with E-state index in [4.69, 9.17) is 23.7 Å². The zero-order valence-corrected chi connectivity index (χ0v) is 32.5. The molecule has 2 bridgehead atoms. The van der Waals surface area contributed by atoms with Crippen molar-refractivity contribution in [3.05, 3.63) is 58.7 Å². The summed E-state index contributed by atoms with van der Waals surface area (Å²) in [7, 11) is 0. The second-order valence-electron chi connectivity index (χ2n) is 15.8. The summed E-state index contributed by atoms with van der Waals surface area (Å²) in [6.07, 6.45) is -8.50. The molecule has 11 atom stereocenters. The van der Waals surface area contributed by atoms with Gasteiger partial charge < -0.3 is 44.3 Å². The van der Waals surface area contributed by atoms with Crippen molar-refractivity contribution in [3.8, 4) is 0 Å². The monoisotopic (exact) mass is 769 g/mol. The Morgan fingerprint density at radius 3 is 2.11 bits per heavy atom. The fourth-order valence-corrected chi connectivity index (χ4v) is 9.28. The predicted molar refractivity (Wildman–Crippen MR) is 191 cm³/mol. The Morgan fingerprint density at radius 2 is 1.58 bits per heavy atom. The van der Waals surface area contributed by atoms with Crippen molar-refractivity contribution in [2.45, 2.75) is 129 Å². The molecule has 1 saturated heterocycles. The molecule has 1 amide bonds. The molecule has 0 radical (unpaired) electrons. The molecule has 55 heavy (non-hydrogen) atoms. The first-order valence-electron chi connectivity index (χ1n) is 18.3. The highest BCUT2D eigenvalue weighted by Crippen LogP contribution is 2.64. The van der Waals surface area contributed by atoms with Crippen LogP contribution in [-0.4, -0.2) is 105 Å². The summed E-state index contributed by atoms with van der Waals surface area (Å²) in [5.41, 5.74) is -6.75. The summed E-state index contributed by atoms with van der Waals surface area (Å²) < 4.78 is 29.5. The molecular formula is C40H51NO14. The van der Waals surface area contributed by atoms with E-state index in [9.17, 15) is 39.3 Å². The number of ether oxygens (including phenoxy) is 5. The lowest BCUT2D eigenvalue weighted by atomic mass is 9.44. The molecular weight excluding hydrogens is 718 g/mol. The van der Waals surface area contributed by atoms with Crippen LogP contribution in [0.25, 0.3) is 0 Å². The van der Waals surface area contributed by atoms with Crippen molar-refractivity contribution in [1.82, 2.24) is 5.32 Å². The minimum absolute atomic E-state index is 0.0536. The predicted octanol–water partition coefficient (Wildman–Crippen LogP) is 2.09. The van der Waals surface area contributed by atoms with Crippen LogP contribution in [0.3, 0.4) is 0 Å². The third-order valence-electron chi connectivity index (χ3n) is 12.3. The van der Waals surface area contributed by atoms with Crippen LogP contribution in [0, 0.1) is 16.7 Å². The van der Waals surface area contributed by atoms with Gasteiger partial charge in [-0.1, -0.05) is 50.3 Å². The van der Waals surface area contributed by atoms with Crippen LogP contribution >= 0.6 is 0 Å². The van der Waals surface area contributed by atoms with Gasteiger partial charge in [0.1, 0.15) is 36.1 Å². The molecule has 2 saturated carbocycles. The number of Topliss-reactive ketones (excluding diaryl/α,β-unsaturated/α-hetero) is 1. The fraction of sp³-hybridized carbons (Fsp3) is 0.600. The maximum atomic E-state index is 15.0. The average Bonchev–Trinajstić information content (AvgIpc) is 3.10. The molecule has 4 N–H and O–H groups in total. The number of esters is 4. The summed E-state index contributed by atoms with van der Waals surface area (Å²) in [6.45, 7) is 12.3. The fourth-order valence-electron chi connectivity index (χ4n) is 9.28. The number of aliphatic hydroxyl groups excluding tert-OH is 2. The average molecular weight is 770 g/mol. The van der Waals surface area contributed by atoms with Crippen LogP contribution in [0.2, 0.25) is 0 Å². The van der Waals surface area contributed by atoms with E-state index < -0.39 is 113 Å². The van der Waals surface area contributed by atoms with E-state index in [-0.39, 0.29) is 24.2 Å². The van der Waals surface area contributed by atoms with Crippen LogP contribution in [0.4, 0.5) is 0 Å². The molecule has 15 nitrogen and oxygen atoms in total. The van der Waals surface area contributed by atoms with Crippen molar-refractivity contribution in [3.63, 3.8) is 0 Å². The van der Waals surface area contributed by atoms with Gasteiger partial charge in [0.25, 0.3) is 0 Å². The summed E-state index contributed by atoms with van der Waals surface area (Å²) in [5, 5.41) is 39.6. The van der Waals surface area contributed by atoms with Gasteiger partial charge in [0, 0.05) is 44.6 Å². The van der Waals surface area contributed by atoms with Gasteiger partial charge in [-0.25, -0.2) is 4.79 Å². The first kappa shape index (κ1) is 41.7. The number of carbonyl (C=O) groups is 6. The zero-order chi connectivity index (χ0) is 41.0. The van der Waals surface area contributed by atoms with E-state index >= 15 is 4.79 Å². The number of rotatable bonds is 9. The van der Waals surface area contributed by atoms with Gasteiger partial charge in [0.05, 0.1) is 24.0 Å². The quantitative estimate of drug-likeness (QED) is 0.122. The molecule has 15 heteroatoms. The molecule has 1 aromatic carbocycles. The van der Waals surface area contributed by atoms with Crippen LogP contribution in [0.15, 0.2) is 53.1 Å². The van der Waals surface area contributed by atoms with Gasteiger partial charge in [0.2, 0.25) is 5.91 Å². The van der Waals surface area contributed by atoms with E-state index in [1.54, 1.807) is 64.1 Å². The highest BCUT2D eigenvalue weighted by atomic mass is 16.6. The molecule has 300 valence electrons. The third-order valence-corrected chi connectivity index (χ3v) is 12.3. The first-order valence-corrected chi connectivity index (χ1v) is 18.3. The Labute approximate surface area is 319 Å². The van der Waals surface area contributed by atoms with Crippen molar-refractivity contribution in [1.29, 1.82) is 0 Å². The third kappa shape index (κ3) is 6.78. The summed E-state index contributed by atoms with van der Waals surface area (Å²) in [4.78, 5) is 80.2. The number of hydrogen-bond donors (Lipinski definition) is 4. The van der Waals surface area contributed by atoms with Crippen molar-refractivity contribution < 1.29 is 67.8 Å². The second kappa shape index (κ2) is 14.9. The van der Waals surface area contributed by atoms with Crippen LogP contribution in [-0.2, 0) is 52.5 Å². The standard InChI is InChI=1S/C40H51NO14/c1-10-19(2)35(48)41-29(24-14-12-11-13-15-24)31(46)36(49)54-25-17-40(50)34(53-22(5)43)32-38(9,33(47)30(45)28(20(25)3)37(40,7)8)26(52-21(4)42)16-27-39(32,18-51-27)55-23(6)44/h10-15,25-27,29-32,34,45-46,50H,16-18H2,1-9H3,(H,41,48)/b19-10+/t25-,26-,27+,29-,30+,31+,32?,34-,38+,39-,40+/m0/s1. The highest BCUT2D eigenvalue weighted by Gasteiger charge is 2.78. The molecule has 1 heterocycles. The van der Waals surface area contributed by atoms with Gasteiger partial charge in [-0.2, -0.15) is 0 Å². The van der Waals surface area contributed by atoms with Crippen molar-refractivity contribution in [2.75, 3.05) is 6.61 Å². The first-order chi connectivity index (χ1) is 25.6. The molecule has 1 aliphatic heterocycles. The van der Waals surface area contributed by atoms with Gasteiger partial charge in [-0.15, -0.1) is 0 Å². The van der Waals surface area contributed by atoms with Gasteiger partial charge >= 0.3 is 23.9 Å². The molecule has 4 aliphatic rings. The molecule has 0 aromatic heterocycles. The normalized spacial score (nSPS) is 34.9. The Kier molecular flexibility index (Phi) is 11.3. The SMILES string of the molecule is C/C=C(\C)C(=O)N[C@@H](c1ccccc1)[C@@H](O)C(=O)O[C@H]1C[C@@]2(O)[C@@H](OC(C)=O)C3[C@](C)(C(=O)[C@H](O)C(=C1C)C2(C)C)[C@@H](OC(C)=O)C[C@H]1OC[C@@]31OC(C)=O. The van der Waals surface area contributed by atoms with E-state index in [0.717, 1.165) is 20.8 Å². The molecule has 3 aliphatic carbocycles. The Balaban J connectivity index is 1.68. The lowest BCUT2D eigenvalue weighted by Crippen LogP contribution is -2.82. The van der Waals surface area contributed by atoms with E-state index in [2.05, 4.69) is 5.32 Å². The number of benzene rings is 1. The van der Waals surface area contributed by atoms with Crippen LogP contribution < -0.4 is 5.32 Å². The molecule has 5 rings (SSSR count). The van der Waals surface area contributed by atoms with Crippen LogP contribution in [0.1, 0.15) is 86.8 Å². The topological polar surface area (TPSA) is 221 Å². The lowest BCUT2D eigenvalue weighted by Gasteiger charge is -2.67. The van der Waals surface area contributed by atoms with Crippen LogP contribution in [0.5, 0.6) is 0 Å². The van der Waals surface area contributed by atoms with Crippen molar-refractivity contribution >= 4 is 35.6 Å². The minimum atomic E-state index is -2.31. The number of amides is 1. The molecule has 1 aromatic rings. The number of fused-ring (bicyclic) bond motifs is 5. The number of carbonyl (C=O) groups excluding carboxylic acids is 6. The van der Waals surface area contributed by atoms with Crippen molar-refractivity contribution in [2.24, 2.45) is 16.7 Å². The Bertz CT molecular complexity index is 1820. The zero-order valence-electron chi connectivity index (χ0n) is 32.5. The number of ketones is 1. The minimum Gasteiger partial charge on any atom is -0.461 e. The molecule has 0 spiro atoms. The second-order valence-corrected chi connectivity index (χ2v) is 15.8. The Hall–Kier alpha value is -4.44. The number of allylic oxidation sites excluding steroid dienone is 1. The molecule has 1 unspecified atom stereocenters. The summed E-state index contributed by atoms with van der Waals surface area (Å²) >= 11 is 0. The maximum absolute atomic E-state index is 15.0.